The first-order valence-corrected chi connectivity index (χ1v) is 7.70. The summed E-state index contributed by atoms with van der Waals surface area (Å²) < 4.78 is 40.9. The Hall–Kier alpha value is -1.14. The van der Waals surface area contributed by atoms with Gasteiger partial charge in [0.05, 0.1) is 11.5 Å². The number of halogens is 1. The number of para-hydroxylation sites is 1. The summed E-state index contributed by atoms with van der Waals surface area (Å²) in [6.07, 6.45) is 0.641. The normalized spacial score (nSPS) is 21.9. The molecule has 0 aliphatic carbocycles. The molecule has 1 heterocycles. The number of ether oxygens (including phenoxy) is 1. The predicted octanol–water partition coefficient (Wildman–Crippen LogP) is 0.981. The number of benzene rings is 1. The minimum atomic E-state index is -2.85. The second-order valence-corrected chi connectivity index (χ2v) is 6.56. The summed E-state index contributed by atoms with van der Waals surface area (Å²) in [6, 6.07) is 6.21. The zero-order valence-electron chi connectivity index (χ0n) is 9.93. The van der Waals surface area contributed by atoms with Crippen molar-refractivity contribution < 1.29 is 17.5 Å². The van der Waals surface area contributed by atoms with Crippen molar-refractivity contribution in [2.24, 2.45) is 0 Å². The Morgan fingerprint density at radius 1 is 1.39 bits per heavy atom. The van der Waals surface area contributed by atoms with Crippen LogP contribution in [-0.4, -0.2) is 39.1 Å². The molecule has 0 spiro atoms. The standard InChI is InChI=1S/C12H16FNO3S/c13-11-3-1-2-4-12(11)17-7-6-14-10-5-8-18(15,16)9-10/h1-4,10,14H,5-9H2. The topological polar surface area (TPSA) is 55.4 Å². The van der Waals surface area contributed by atoms with Gasteiger partial charge in [-0.2, -0.15) is 0 Å². The molecule has 1 aliphatic heterocycles. The van der Waals surface area contributed by atoms with E-state index in [0.717, 1.165) is 0 Å². The van der Waals surface area contributed by atoms with Crippen molar-refractivity contribution in [3.8, 4) is 5.75 Å². The number of sulfone groups is 1. The molecule has 1 aliphatic rings. The minimum Gasteiger partial charge on any atom is -0.489 e. The van der Waals surface area contributed by atoms with E-state index in [4.69, 9.17) is 4.74 Å². The van der Waals surface area contributed by atoms with E-state index < -0.39 is 9.84 Å². The van der Waals surface area contributed by atoms with E-state index in [-0.39, 0.29) is 29.1 Å². The zero-order valence-corrected chi connectivity index (χ0v) is 10.7. The van der Waals surface area contributed by atoms with E-state index in [1.54, 1.807) is 18.2 Å². The predicted molar refractivity (Wildman–Crippen MR) is 67.0 cm³/mol. The fraction of sp³-hybridized carbons (Fsp3) is 0.500. The van der Waals surface area contributed by atoms with Crippen molar-refractivity contribution in [2.45, 2.75) is 12.5 Å². The second-order valence-electron chi connectivity index (χ2n) is 4.33. The van der Waals surface area contributed by atoms with Crippen LogP contribution in [0.2, 0.25) is 0 Å². The molecule has 100 valence electrons. The van der Waals surface area contributed by atoms with Crippen molar-refractivity contribution in [1.29, 1.82) is 0 Å². The molecule has 18 heavy (non-hydrogen) atoms. The molecule has 1 N–H and O–H groups in total. The smallest absolute Gasteiger partial charge is 0.165 e. The molecular weight excluding hydrogens is 257 g/mol. The molecule has 0 aromatic heterocycles. The molecule has 1 unspecified atom stereocenters. The molecule has 0 radical (unpaired) electrons. The Morgan fingerprint density at radius 2 is 2.17 bits per heavy atom. The van der Waals surface area contributed by atoms with Crippen LogP contribution in [0.15, 0.2) is 24.3 Å². The highest BCUT2D eigenvalue weighted by Crippen LogP contribution is 2.15. The van der Waals surface area contributed by atoms with Crippen LogP contribution in [-0.2, 0) is 9.84 Å². The van der Waals surface area contributed by atoms with Gasteiger partial charge in [0.2, 0.25) is 0 Å². The Kier molecular flexibility index (Phi) is 4.19. The highest BCUT2D eigenvalue weighted by Gasteiger charge is 2.27. The van der Waals surface area contributed by atoms with Crippen LogP contribution in [0.25, 0.3) is 0 Å². The van der Waals surface area contributed by atoms with E-state index >= 15 is 0 Å². The summed E-state index contributed by atoms with van der Waals surface area (Å²) in [5.41, 5.74) is 0. The van der Waals surface area contributed by atoms with E-state index in [0.29, 0.717) is 19.6 Å². The Balaban J connectivity index is 1.70. The van der Waals surface area contributed by atoms with Crippen LogP contribution in [0.4, 0.5) is 4.39 Å². The van der Waals surface area contributed by atoms with E-state index in [1.807, 2.05) is 0 Å². The van der Waals surface area contributed by atoms with Crippen LogP contribution in [0.1, 0.15) is 6.42 Å². The van der Waals surface area contributed by atoms with Crippen molar-refractivity contribution in [2.75, 3.05) is 24.7 Å². The van der Waals surface area contributed by atoms with Crippen molar-refractivity contribution in [3.05, 3.63) is 30.1 Å². The van der Waals surface area contributed by atoms with Crippen LogP contribution < -0.4 is 10.1 Å². The molecule has 1 aromatic rings. The van der Waals surface area contributed by atoms with Crippen LogP contribution in [0.5, 0.6) is 5.75 Å². The lowest BCUT2D eigenvalue weighted by Crippen LogP contribution is -2.33. The number of hydrogen-bond acceptors (Lipinski definition) is 4. The molecule has 1 saturated heterocycles. The maximum Gasteiger partial charge on any atom is 0.165 e. The summed E-state index contributed by atoms with van der Waals surface area (Å²) in [4.78, 5) is 0. The van der Waals surface area contributed by atoms with Gasteiger partial charge >= 0.3 is 0 Å². The quantitative estimate of drug-likeness (QED) is 0.813. The third kappa shape index (κ3) is 3.68. The summed E-state index contributed by atoms with van der Waals surface area (Å²) in [5.74, 6) is 0.269. The molecule has 0 amide bonds. The largest absolute Gasteiger partial charge is 0.489 e. The lowest BCUT2D eigenvalue weighted by molar-refractivity contribution is 0.293. The first-order chi connectivity index (χ1) is 8.57. The van der Waals surface area contributed by atoms with Crippen LogP contribution in [0.3, 0.4) is 0 Å². The lowest BCUT2D eigenvalue weighted by atomic mass is 10.3. The highest BCUT2D eigenvalue weighted by atomic mass is 32.2. The third-order valence-electron chi connectivity index (χ3n) is 2.86. The van der Waals surface area contributed by atoms with Gasteiger partial charge < -0.3 is 10.1 Å². The fourth-order valence-corrected chi connectivity index (χ4v) is 3.65. The van der Waals surface area contributed by atoms with Gasteiger partial charge in [-0.25, -0.2) is 12.8 Å². The van der Waals surface area contributed by atoms with Crippen molar-refractivity contribution in [1.82, 2.24) is 5.32 Å². The van der Waals surface area contributed by atoms with E-state index in [1.165, 1.54) is 6.07 Å². The second kappa shape index (κ2) is 5.67. The van der Waals surface area contributed by atoms with Crippen molar-refractivity contribution in [3.63, 3.8) is 0 Å². The first kappa shape index (κ1) is 13.3. The van der Waals surface area contributed by atoms with Gasteiger partial charge in [0.15, 0.2) is 21.4 Å². The zero-order chi connectivity index (χ0) is 13.0. The van der Waals surface area contributed by atoms with E-state index in [9.17, 15) is 12.8 Å². The van der Waals surface area contributed by atoms with Crippen molar-refractivity contribution >= 4 is 9.84 Å². The number of nitrogens with one attached hydrogen (secondary N) is 1. The van der Waals surface area contributed by atoms with Crippen LogP contribution >= 0.6 is 0 Å². The average molecular weight is 273 g/mol. The van der Waals surface area contributed by atoms with E-state index in [2.05, 4.69) is 5.32 Å². The molecule has 6 heteroatoms. The number of rotatable bonds is 5. The van der Waals surface area contributed by atoms with Gasteiger partial charge in [0, 0.05) is 12.6 Å². The minimum absolute atomic E-state index is 0.000722. The average Bonchev–Trinajstić information content (AvgIpc) is 2.67. The fourth-order valence-electron chi connectivity index (χ4n) is 1.94. The first-order valence-electron chi connectivity index (χ1n) is 5.88. The molecule has 4 nitrogen and oxygen atoms in total. The Labute approximate surface area is 106 Å². The molecule has 2 rings (SSSR count). The maximum atomic E-state index is 13.2. The van der Waals surface area contributed by atoms with Gasteiger partial charge in [-0.05, 0) is 18.6 Å². The van der Waals surface area contributed by atoms with Gasteiger partial charge in [-0.3, -0.25) is 0 Å². The molecule has 1 atom stereocenters. The van der Waals surface area contributed by atoms with Gasteiger partial charge in [0.25, 0.3) is 0 Å². The third-order valence-corrected chi connectivity index (χ3v) is 4.63. The van der Waals surface area contributed by atoms with Gasteiger partial charge in [-0.15, -0.1) is 0 Å². The number of hydrogen-bond donors (Lipinski definition) is 1. The molecular formula is C12H16FNO3S. The molecule has 1 fully saturated rings. The SMILES string of the molecule is O=S1(=O)CCC(NCCOc2ccccc2F)C1. The highest BCUT2D eigenvalue weighted by molar-refractivity contribution is 7.91. The van der Waals surface area contributed by atoms with Crippen LogP contribution in [0, 0.1) is 5.82 Å². The molecule has 1 aromatic carbocycles. The molecule has 0 saturated carbocycles. The maximum absolute atomic E-state index is 13.2. The summed E-state index contributed by atoms with van der Waals surface area (Å²) in [6.45, 7) is 0.825. The monoisotopic (exact) mass is 273 g/mol. The summed E-state index contributed by atoms with van der Waals surface area (Å²) in [7, 11) is -2.85. The van der Waals surface area contributed by atoms with Gasteiger partial charge in [-0.1, -0.05) is 12.1 Å². The summed E-state index contributed by atoms with van der Waals surface area (Å²) in [5, 5.41) is 3.10. The van der Waals surface area contributed by atoms with Gasteiger partial charge in [0.1, 0.15) is 6.61 Å². The lowest BCUT2D eigenvalue weighted by Gasteiger charge is -2.11. The Morgan fingerprint density at radius 3 is 2.83 bits per heavy atom. The molecule has 0 bridgehead atoms. The Bertz CT molecular complexity index is 504. The summed E-state index contributed by atoms with van der Waals surface area (Å²) >= 11 is 0.